The van der Waals surface area contributed by atoms with E-state index in [1.807, 2.05) is 48.5 Å². The molecule has 26 heavy (non-hydrogen) atoms. The fourth-order valence-electron chi connectivity index (χ4n) is 4.34. The number of carbonyl (C=O) groups is 1. The SMILES string of the molecule is NC(CC(=O)NC1CC2(CCCC2)Oc2ccccc21)c1ccccc1. The van der Waals surface area contributed by atoms with Crippen molar-refractivity contribution in [2.45, 2.75) is 56.2 Å². The summed E-state index contributed by atoms with van der Waals surface area (Å²) in [5, 5.41) is 3.23. The lowest BCUT2D eigenvalue weighted by molar-refractivity contribution is -0.122. The van der Waals surface area contributed by atoms with Gasteiger partial charge in [0.1, 0.15) is 11.4 Å². The van der Waals surface area contributed by atoms with Crippen LogP contribution in [0.1, 0.15) is 61.7 Å². The predicted molar refractivity (Wildman–Crippen MR) is 102 cm³/mol. The first-order valence-corrected chi connectivity index (χ1v) is 9.53. The van der Waals surface area contributed by atoms with Gasteiger partial charge in [-0.2, -0.15) is 0 Å². The minimum absolute atomic E-state index is 0.00352. The molecular formula is C22H26N2O2. The van der Waals surface area contributed by atoms with Crippen LogP contribution in [0.4, 0.5) is 0 Å². The third kappa shape index (κ3) is 3.47. The number of benzene rings is 2. The number of hydrogen-bond donors (Lipinski definition) is 2. The summed E-state index contributed by atoms with van der Waals surface area (Å²) in [4.78, 5) is 12.7. The van der Waals surface area contributed by atoms with Gasteiger partial charge < -0.3 is 15.8 Å². The smallest absolute Gasteiger partial charge is 0.222 e. The number of carbonyl (C=O) groups excluding carboxylic acids is 1. The lowest BCUT2D eigenvalue weighted by atomic mass is 9.85. The maximum atomic E-state index is 12.7. The van der Waals surface area contributed by atoms with Crippen molar-refractivity contribution in [3.63, 3.8) is 0 Å². The summed E-state index contributed by atoms with van der Waals surface area (Å²) < 4.78 is 6.37. The summed E-state index contributed by atoms with van der Waals surface area (Å²) in [7, 11) is 0. The molecule has 1 saturated carbocycles. The fourth-order valence-corrected chi connectivity index (χ4v) is 4.34. The minimum Gasteiger partial charge on any atom is -0.487 e. The van der Waals surface area contributed by atoms with Crippen molar-refractivity contribution in [1.82, 2.24) is 5.32 Å². The molecule has 2 aromatic rings. The van der Waals surface area contributed by atoms with Gasteiger partial charge in [0.2, 0.25) is 5.91 Å². The fraction of sp³-hybridized carbons (Fsp3) is 0.409. The highest BCUT2D eigenvalue weighted by Crippen LogP contribution is 2.47. The molecule has 0 bridgehead atoms. The molecule has 1 fully saturated rings. The van der Waals surface area contributed by atoms with Crippen LogP contribution in [0.2, 0.25) is 0 Å². The summed E-state index contributed by atoms with van der Waals surface area (Å²) in [6.07, 6.45) is 5.66. The number of amides is 1. The first-order chi connectivity index (χ1) is 12.7. The molecule has 2 aromatic carbocycles. The van der Waals surface area contributed by atoms with E-state index in [1.165, 1.54) is 12.8 Å². The Balaban J connectivity index is 1.48. The van der Waals surface area contributed by atoms with Crippen molar-refractivity contribution < 1.29 is 9.53 Å². The van der Waals surface area contributed by atoms with E-state index in [0.717, 1.165) is 36.1 Å². The molecule has 3 N–H and O–H groups in total. The Bertz CT molecular complexity index is 769. The zero-order chi connectivity index (χ0) is 18.0. The third-order valence-electron chi connectivity index (χ3n) is 5.68. The van der Waals surface area contributed by atoms with Crippen LogP contribution in [0.25, 0.3) is 0 Å². The van der Waals surface area contributed by atoms with Gasteiger partial charge in [0, 0.05) is 24.4 Å². The van der Waals surface area contributed by atoms with Gasteiger partial charge in [-0.05, 0) is 37.3 Å². The van der Waals surface area contributed by atoms with E-state index < -0.39 is 0 Å². The largest absolute Gasteiger partial charge is 0.487 e. The van der Waals surface area contributed by atoms with E-state index >= 15 is 0 Å². The topological polar surface area (TPSA) is 64.4 Å². The molecule has 0 saturated heterocycles. The standard InChI is InChI=1S/C22H26N2O2/c23-18(16-8-2-1-3-9-16)14-21(25)24-19-15-22(12-6-7-13-22)26-20-11-5-4-10-17(19)20/h1-5,8-11,18-19H,6-7,12-15,23H2,(H,24,25). The quantitative estimate of drug-likeness (QED) is 0.875. The molecule has 0 radical (unpaired) electrons. The summed E-state index contributed by atoms with van der Waals surface area (Å²) in [5.74, 6) is 0.912. The Hall–Kier alpha value is -2.33. The first kappa shape index (κ1) is 17.1. The second-order valence-electron chi connectivity index (χ2n) is 7.58. The third-order valence-corrected chi connectivity index (χ3v) is 5.68. The van der Waals surface area contributed by atoms with Gasteiger partial charge in [-0.15, -0.1) is 0 Å². The van der Waals surface area contributed by atoms with Gasteiger partial charge in [-0.3, -0.25) is 4.79 Å². The second-order valence-corrected chi connectivity index (χ2v) is 7.58. The monoisotopic (exact) mass is 350 g/mol. The van der Waals surface area contributed by atoms with Crippen molar-refractivity contribution in [1.29, 1.82) is 0 Å². The summed E-state index contributed by atoms with van der Waals surface area (Å²) in [6, 6.07) is 17.6. The number of nitrogens with one attached hydrogen (secondary N) is 1. The molecule has 2 unspecified atom stereocenters. The van der Waals surface area contributed by atoms with E-state index in [9.17, 15) is 4.79 Å². The molecule has 4 nitrogen and oxygen atoms in total. The molecule has 4 heteroatoms. The molecule has 2 atom stereocenters. The van der Waals surface area contributed by atoms with Crippen LogP contribution in [0.5, 0.6) is 5.75 Å². The molecule has 1 aliphatic heterocycles. The number of para-hydroxylation sites is 1. The van der Waals surface area contributed by atoms with Crippen molar-refractivity contribution in [2.75, 3.05) is 0 Å². The average Bonchev–Trinajstić information content (AvgIpc) is 3.09. The van der Waals surface area contributed by atoms with Crippen LogP contribution in [0, 0.1) is 0 Å². The Morgan fingerprint density at radius 1 is 1.12 bits per heavy atom. The number of rotatable bonds is 4. The Kier molecular flexibility index (Phi) is 4.68. The molecule has 0 aromatic heterocycles. The Labute approximate surface area is 154 Å². The molecule has 4 rings (SSSR count). The predicted octanol–water partition coefficient (Wildman–Crippen LogP) is 4.03. The van der Waals surface area contributed by atoms with Gasteiger partial charge in [0.15, 0.2) is 0 Å². The molecule has 2 aliphatic rings. The van der Waals surface area contributed by atoms with Crippen LogP contribution < -0.4 is 15.8 Å². The highest BCUT2D eigenvalue weighted by molar-refractivity contribution is 5.77. The molecular weight excluding hydrogens is 324 g/mol. The normalized spacial score (nSPS) is 21.7. The average molecular weight is 350 g/mol. The van der Waals surface area contributed by atoms with Crippen LogP contribution in [0.15, 0.2) is 54.6 Å². The minimum atomic E-state index is -0.285. The first-order valence-electron chi connectivity index (χ1n) is 9.53. The highest BCUT2D eigenvalue weighted by Gasteiger charge is 2.43. The molecule has 1 spiro atoms. The van der Waals surface area contributed by atoms with Crippen molar-refractivity contribution >= 4 is 5.91 Å². The van der Waals surface area contributed by atoms with E-state index in [0.29, 0.717) is 0 Å². The van der Waals surface area contributed by atoms with Crippen molar-refractivity contribution in [2.24, 2.45) is 5.73 Å². The number of fused-ring (bicyclic) bond motifs is 1. The highest BCUT2D eigenvalue weighted by atomic mass is 16.5. The summed E-state index contributed by atoms with van der Waals surface area (Å²) in [5.41, 5.74) is 8.17. The van der Waals surface area contributed by atoms with Crippen LogP contribution >= 0.6 is 0 Å². The maximum Gasteiger partial charge on any atom is 0.222 e. The molecule has 136 valence electrons. The summed E-state index contributed by atoms with van der Waals surface area (Å²) in [6.45, 7) is 0. The molecule has 1 aliphatic carbocycles. The number of ether oxygens (including phenoxy) is 1. The maximum absolute atomic E-state index is 12.7. The van der Waals surface area contributed by atoms with Gasteiger partial charge in [0.25, 0.3) is 0 Å². The zero-order valence-corrected chi connectivity index (χ0v) is 15.0. The Morgan fingerprint density at radius 2 is 1.81 bits per heavy atom. The lowest BCUT2D eigenvalue weighted by Crippen LogP contribution is -2.43. The summed E-state index contributed by atoms with van der Waals surface area (Å²) >= 11 is 0. The number of hydrogen-bond acceptors (Lipinski definition) is 3. The Morgan fingerprint density at radius 3 is 2.58 bits per heavy atom. The van der Waals surface area contributed by atoms with Crippen LogP contribution in [0.3, 0.4) is 0 Å². The lowest BCUT2D eigenvalue weighted by Gasteiger charge is -2.40. The van der Waals surface area contributed by atoms with Gasteiger partial charge in [-0.25, -0.2) is 0 Å². The van der Waals surface area contributed by atoms with Crippen LogP contribution in [-0.4, -0.2) is 11.5 Å². The van der Waals surface area contributed by atoms with E-state index in [2.05, 4.69) is 11.4 Å². The van der Waals surface area contributed by atoms with Gasteiger partial charge in [0.05, 0.1) is 6.04 Å². The van der Waals surface area contributed by atoms with E-state index in [-0.39, 0.29) is 30.0 Å². The van der Waals surface area contributed by atoms with Crippen molar-refractivity contribution in [3.05, 3.63) is 65.7 Å². The molecule has 1 amide bonds. The second kappa shape index (κ2) is 7.12. The van der Waals surface area contributed by atoms with E-state index in [1.54, 1.807) is 0 Å². The van der Waals surface area contributed by atoms with Gasteiger partial charge >= 0.3 is 0 Å². The van der Waals surface area contributed by atoms with E-state index in [4.69, 9.17) is 10.5 Å². The van der Waals surface area contributed by atoms with Crippen molar-refractivity contribution in [3.8, 4) is 5.75 Å². The number of nitrogens with two attached hydrogens (primary N) is 1. The van der Waals surface area contributed by atoms with Crippen LogP contribution in [-0.2, 0) is 4.79 Å². The van der Waals surface area contributed by atoms with Gasteiger partial charge in [-0.1, -0.05) is 48.5 Å². The zero-order valence-electron chi connectivity index (χ0n) is 15.0. The molecule has 1 heterocycles.